The van der Waals surface area contributed by atoms with Gasteiger partial charge in [0, 0.05) is 31.2 Å². The molecule has 188 valence electrons. The van der Waals surface area contributed by atoms with Gasteiger partial charge in [-0.25, -0.2) is 0 Å². The Kier molecular flexibility index (Phi) is 6.77. The van der Waals surface area contributed by atoms with E-state index in [2.05, 4.69) is 58.3 Å². The topological polar surface area (TPSA) is 51.1 Å². The zero-order valence-corrected chi connectivity index (χ0v) is 21.4. The number of ether oxygens (including phenoxy) is 1. The fourth-order valence-corrected chi connectivity index (χ4v) is 5.52. The van der Waals surface area contributed by atoms with Gasteiger partial charge in [0.05, 0.1) is 17.2 Å². The minimum Gasteiger partial charge on any atom is -0.862 e. The van der Waals surface area contributed by atoms with Crippen LogP contribution in [-0.4, -0.2) is 55.7 Å². The smallest absolute Gasteiger partial charge is 0.138 e. The zero-order valence-electron chi connectivity index (χ0n) is 20.6. The van der Waals surface area contributed by atoms with E-state index >= 15 is 0 Å². The second-order valence-corrected chi connectivity index (χ2v) is 10.9. The highest BCUT2D eigenvalue weighted by molar-refractivity contribution is 6.32. The predicted octanol–water partition coefficient (Wildman–Crippen LogP) is 4.94. The number of aliphatic imine (C=N–C) groups is 1. The second-order valence-electron chi connectivity index (χ2n) is 10.5. The van der Waals surface area contributed by atoms with Gasteiger partial charge in [0.15, 0.2) is 0 Å². The van der Waals surface area contributed by atoms with Crippen molar-refractivity contribution in [2.24, 2.45) is 10.9 Å². The van der Waals surface area contributed by atoms with Crippen molar-refractivity contribution < 1.29 is 9.84 Å². The highest BCUT2D eigenvalue weighted by Gasteiger charge is 2.26. The molecule has 1 unspecified atom stereocenters. The molecule has 3 aromatic rings. The van der Waals surface area contributed by atoms with E-state index in [-0.39, 0.29) is 17.9 Å². The first-order chi connectivity index (χ1) is 17.6. The summed E-state index contributed by atoms with van der Waals surface area (Å²) < 4.78 is 5.89. The lowest BCUT2D eigenvalue weighted by Crippen LogP contribution is -2.43. The van der Waals surface area contributed by atoms with Crippen molar-refractivity contribution in [3.63, 3.8) is 0 Å². The highest BCUT2D eigenvalue weighted by Crippen LogP contribution is 2.33. The summed E-state index contributed by atoms with van der Waals surface area (Å²) in [5.74, 6) is 0.756. The van der Waals surface area contributed by atoms with Crippen molar-refractivity contribution in [2.75, 3.05) is 37.6 Å². The summed E-state index contributed by atoms with van der Waals surface area (Å²) in [5, 5.41) is 16.4. The molecule has 2 heterocycles. The molecular weight excluding hydrogens is 470 g/mol. The number of fused-ring (bicyclic) bond motifs is 1. The molecule has 0 N–H and O–H groups in total. The SMILES string of the molecule is [O-]C(=NC(Cc1ccc(OC2CC2)c(Cl)c1)CN1CCC1)[C@@H]1CCN(c2ccc3ccccc3c2)C1. The molecule has 1 aliphatic carbocycles. The van der Waals surface area contributed by atoms with Gasteiger partial charge in [0.1, 0.15) is 5.75 Å². The molecule has 1 saturated carbocycles. The van der Waals surface area contributed by atoms with Gasteiger partial charge < -0.3 is 24.6 Å². The predicted molar refractivity (Wildman–Crippen MR) is 145 cm³/mol. The Labute approximate surface area is 218 Å². The second kappa shape index (κ2) is 10.3. The van der Waals surface area contributed by atoms with E-state index < -0.39 is 0 Å². The average molecular weight is 503 g/mol. The van der Waals surface area contributed by atoms with Gasteiger partial charge in [-0.15, -0.1) is 0 Å². The Hall–Kier alpha value is -2.76. The van der Waals surface area contributed by atoms with E-state index in [1.165, 1.54) is 22.9 Å². The molecule has 0 aromatic heterocycles. The van der Waals surface area contributed by atoms with Crippen LogP contribution in [0.15, 0.2) is 65.7 Å². The number of likely N-dealkylation sites (tertiary alicyclic amines) is 1. The molecular formula is C30H33ClN3O2-. The third kappa shape index (κ3) is 5.47. The highest BCUT2D eigenvalue weighted by atomic mass is 35.5. The maximum absolute atomic E-state index is 13.3. The van der Waals surface area contributed by atoms with Crippen LogP contribution in [0, 0.1) is 5.92 Å². The van der Waals surface area contributed by atoms with Crippen LogP contribution in [0.2, 0.25) is 5.02 Å². The van der Waals surface area contributed by atoms with Crippen LogP contribution in [0.5, 0.6) is 5.75 Å². The van der Waals surface area contributed by atoms with Gasteiger partial charge in [0.2, 0.25) is 0 Å². The van der Waals surface area contributed by atoms with Crippen molar-refractivity contribution in [1.82, 2.24) is 4.90 Å². The molecule has 36 heavy (non-hydrogen) atoms. The summed E-state index contributed by atoms with van der Waals surface area (Å²) >= 11 is 6.51. The fourth-order valence-electron chi connectivity index (χ4n) is 5.27. The van der Waals surface area contributed by atoms with E-state index in [9.17, 15) is 5.11 Å². The van der Waals surface area contributed by atoms with Gasteiger partial charge in [-0.3, -0.25) is 0 Å². The van der Waals surface area contributed by atoms with Crippen LogP contribution >= 0.6 is 11.6 Å². The number of hydrogen-bond acceptors (Lipinski definition) is 5. The molecule has 0 spiro atoms. The molecule has 2 atom stereocenters. The lowest BCUT2D eigenvalue weighted by atomic mass is 10.0. The molecule has 3 aromatic carbocycles. The van der Waals surface area contributed by atoms with Crippen molar-refractivity contribution in [1.29, 1.82) is 0 Å². The number of benzene rings is 3. The van der Waals surface area contributed by atoms with Crippen LogP contribution in [0.3, 0.4) is 0 Å². The van der Waals surface area contributed by atoms with E-state index in [0.29, 0.717) is 17.5 Å². The third-order valence-electron chi connectivity index (χ3n) is 7.65. The van der Waals surface area contributed by atoms with Crippen molar-refractivity contribution in [3.05, 3.63) is 71.2 Å². The van der Waals surface area contributed by atoms with Gasteiger partial charge in [-0.05, 0) is 91.7 Å². The number of hydrogen-bond donors (Lipinski definition) is 0. The summed E-state index contributed by atoms with van der Waals surface area (Å²) in [7, 11) is 0. The standard InChI is InChI=1S/C30H34ClN3O2/c31-28-17-21(6-11-29(28)36-27-9-10-27)16-25(20-33-13-3-14-33)32-30(35)24-12-15-34(19-24)26-8-7-22-4-1-2-5-23(22)18-26/h1-2,4-8,11,17-18,24-25,27H,3,9-10,12-16,19-20H2,(H,32,35)/p-1/t24-,25?/m1/s1. The fraction of sp³-hybridized carbons (Fsp3) is 0.433. The van der Waals surface area contributed by atoms with Gasteiger partial charge in [0.25, 0.3) is 0 Å². The summed E-state index contributed by atoms with van der Waals surface area (Å²) in [6.07, 6.45) is 5.33. The quantitative estimate of drug-likeness (QED) is 0.307. The summed E-state index contributed by atoms with van der Waals surface area (Å²) in [4.78, 5) is 9.50. The monoisotopic (exact) mass is 502 g/mol. The Morgan fingerprint density at radius 2 is 1.83 bits per heavy atom. The van der Waals surface area contributed by atoms with E-state index in [0.717, 1.165) is 63.3 Å². The first kappa shape index (κ1) is 23.6. The van der Waals surface area contributed by atoms with Crippen molar-refractivity contribution in [3.8, 4) is 5.75 Å². The first-order valence-corrected chi connectivity index (χ1v) is 13.6. The Morgan fingerprint density at radius 1 is 1.00 bits per heavy atom. The number of halogens is 1. The number of anilines is 1. The lowest BCUT2D eigenvalue weighted by molar-refractivity contribution is -0.223. The molecule has 3 fully saturated rings. The summed E-state index contributed by atoms with van der Waals surface area (Å²) in [6.45, 7) is 4.63. The normalized spacial score (nSPS) is 21.5. The molecule has 0 radical (unpaired) electrons. The van der Waals surface area contributed by atoms with E-state index in [1.54, 1.807) is 0 Å². The van der Waals surface area contributed by atoms with Crippen molar-refractivity contribution in [2.45, 2.75) is 44.2 Å². The molecule has 2 saturated heterocycles. The maximum Gasteiger partial charge on any atom is 0.138 e. The van der Waals surface area contributed by atoms with Gasteiger partial charge >= 0.3 is 0 Å². The van der Waals surface area contributed by atoms with Gasteiger partial charge in [-0.1, -0.05) is 48.0 Å². The van der Waals surface area contributed by atoms with Crippen LogP contribution in [0.25, 0.3) is 10.8 Å². The van der Waals surface area contributed by atoms with Gasteiger partial charge in [-0.2, -0.15) is 0 Å². The van der Waals surface area contributed by atoms with Crippen molar-refractivity contribution >= 4 is 34.0 Å². The number of rotatable bonds is 9. The summed E-state index contributed by atoms with van der Waals surface area (Å²) in [5.41, 5.74) is 2.29. The van der Waals surface area contributed by atoms with E-state index in [4.69, 9.17) is 21.3 Å². The van der Waals surface area contributed by atoms with Crippen LogP contribution in [0.4, 0.5) is 5.69 Å². The Balaban J connectivity index is 1.14. The molecule has 3 aliphatic rings. The van der Waals surface area contributed by atoms with Crippen LogP contribution in [0.1, 0.15) is 31.2 Å². The minimum atomic E-state index is -0.0567. The molecule has 2 aliphatic heterocycles. The largest absolute Gasteiger partial charge is 0.862 e. The zero-order chi connectivity index (χ0) is 24.5. The average Bonchev–Trinajstić information content (AvgIpc) is 3.54. The Morgan fingerprint density at radius 3 is 2.58 bits per heavy atom. The molecule has 6 heteroatoms. The lowest BCUT2D eigenvalue weighted by Gasteiger charge is -2.34. The molecule has 0 bridgehead atoms. The minimum absolute atomic E-state index is 0.0450. The third-order valence-corrected chi connectivity index (χ3v) is 7.94. The summed E-state index contributed by atoms with van der Waals surface area (Å²) in [6, 6.07) is 20.9. The molecule has 5 nitrogen and oxygen atoms in total. The van der Waals surface area contributed by atoms with E-state index in [1.807, 2.05) is 12.1 Å². The number of nitrogens with zero attached hydrogens (tertiary/aromatic N) is 3. The Bertz CT molecular complexity index is 1250. The first-order valence-electron chi connectivity index (χ1n) is 13.3. The van der Waals surface area contributed by atoms with Crippen LogP contribution in [-0.2, 0) is 6.42 Å². The molecule has 0 amide bonds. The molecule has 6 rings (SSSR count). The van der Waals surface area contributed by atoms with Crippen LogP contribution < -0.4 is 14.7 Å². The maximum atomic E-state index is 13.3.